The third kappa shape index (κ3) is 3.71. The number of nitrogens with one attached hydrogen (secondary N) is 1. The first-order valence-electron chi connectivity index (χ1n) is 6.16. The van der Waals surface area contributed by atoms with E-state index in [2.05, 4.69) is 10.3 Å². The molecule has 0 atom stereocenters. The lowest BCUT2D eigenvalue weighted by atomic mass is 10.2. The van der Waals surface area contributed by atoms with Gasteiger partial charge in [0.25, 0.3) is 5.91 Å². The van der Waals surface area contributed by atoms with Gasteiger partial charge in [0.1, 0.15) is 11.0 Å². The molecule has 0 aliphatic rings. The van der Waals surface area contributed by atoms with E-state index in [-0.39, 0.29) is 11.1 Å². The van der Waals surface area contributed by atoms with Crippen LogP contribution in [0, 0.1) is 11.3 Å². The number of amides is 1. The summed E-state index contributed by atoms with van der Waals surface area (Å²) in [6, 6.07) is 11.8. The highest BCUT2D eigenvalue weighted by molar-refractivity contribution is 6.30. The average molecular weight is 301 g/mol. The van der Waals surface area contributed by atoms with Crippen LogP contribution in [-0.2, 0) is 0 Å². The zero-order valence-corrected chi connectivity index (χ0v) is 12.3. The van der Waals surface area contributed by atoms with Gasteiger partial charge in [-0.3, -0.25) is 4.79 Å². The molecule has 1 N–H and O–H groups in total. The van der Waals surface area contributed by atoms with Crippen molar-refractivity contribution in [1.29, 1.82) is 5.26 Å². The molecule has 0 bridgehead atoms. The van der Waals surface area contributed by atoms with Gasteiger partial charge in [0, 0.05) is 25.3 Å². The van der Waals surface area contributed by atoms with Gasteiger partial charge in [-0.2, -0.15) is 5.26 Å². The Labute approximate surface area is 127 Å². The lowest BCUT2D eigenvalue weighted by Crippen LogP contribution is -2.15. The molecule has 21 heavy (non-hydrogen) atoms. The molecular formula is C15H13ClN4O. The number of rotatable bonds is 3. The number of benzene rings is 1. The van der Waals surface area contributed by atoms with Crippen LogP contribution in [0.3, 0.4) is 0 Å². The van der Waals surface area contributed by atoms with Crippen LogP contribution in [0.2, 0.25) is 5.15 Å². The minimum Gasteiger partial charge on any atom is -0.363 e. The fourth-order valence-corrected chi connectivity index (χ4v) is 1.88. The predicted molar refractivity (Wildman–Crippen MR) is 82.7 cm³/mol. The van der Waals surface area contributed by atoms with Crippen LogP contribution in [0.15, 0.2) is 36.4 Å². The van der Waals surface area contributed by atoms with Crippen molar-refractivity contribution in [2.75, 3.05) is 24.3 Å². The molecule has 2 aromatic rings. The largest absolute Gasteiger partial charge is 0.363 e. The number of carbonyl (C=O) groups is 1. The lowest BCUT2D eigenvalue weighted by Gasteiger charge is -2.13. The molecule has 0 saturated heterocycles. The Kier molecular flexibility index (Phi) is 4.41. The first-order chi connectivity index (χ1) is 9.99. The second-order valence-electron chi connectivity index (χ2n) is 4.57. The Balaban J connectivity index is 2.21. The Hall–Kier alpha value is -2.58. The molecule has 0 fully saturated rings. The Bertz CT molecular complexity index is 705. The van der Waals surface area contributed by atoms with Gasteiger partial charge in [0.15, 0.2) is 0 Å². The monoisotopic (exact) mass is 300 g/mol. The van der Waals surface area contributed by atoms with E-state index in [0.717, 1.165) is 0 Å². The number of carbonyl (C=O) groups excluding carboxylic acids is 1. The molecule has 6 heteroatoms. The standard InChI is InChI=1S/C15H13ClN4O/c1-20(2)14-8-11(7-13(16)19-14)15(21)18-12-5-3-10(9-17)4-6-12/h3-8H,1-2H3,(H,18,21). The number of halogens is 1. The van der Waals surface area contributed by atoms with E-state index in [1.54, 1.807) is 35.2 Å². The molecule has 1 heterocycles. The number of anilines is 2. The molecule has 0 radical (unpaired) electrons. The lowest BCUT2D eigenvalue weighted by molar-refractivity contribution is 0.102. The average Bonchev–Trinajstić information content (AvgIpc) is 2.47. The molecule has 0 aliphatic heterocycles. The molecule has 0 spiro atoms. The summed E-state index contributed by atoms with van der Waals surface area (Å²) in [5, 5.41) is 11.7. The normalized spacial score (nSPS) is 9.81. The van der Waals surface area contributed by atoms with Gasteiger partial charge < -0.3 is 10.2 Å². The number of hydrogen-bond acceptors (Lipinski definition) is 4. The van der Waals surface area contributed by atoms with Crippen LogP contribution in [0.5, 0.6) is 0 Å². The summed E-state index contributed by atoms with van der Waals surface area (Å²) in [6.45, 7) is 0. The summed E-state index contributed by atoms with van der Waals surface area (Å²) in [7, 11) is 3.64. The second-order valence-corrected chi connectivity index (χ2v) is 4.96. The van der Waals surface area contributed by atoms with Crippen LogP contribution in [0.4, 0.5) is 11.5 Å². The van der Waals surface area contributed by atoms with E-state index in [9.17, 15) is 4.79 Å². The zero-order valence-electron chi connectivity index (χ0n) is 11.6. The molecule has 2 rings (SSSR count). The maximum absolute atomic E-state index is 12.2. The first-order valence-corrected chi connectivity index (χ1v) is 6.54. The zero-order chi connectivity index (χ0) is 15.4. The van der Waals surface area contributed by atoms with Gasteiger partial charge in [-0.25, -0.2) is 4.98 Å². The number of nitriles is 1. The van der Waals surface area contributed by atoms with Crippen LogP contribution in [0.25, 0.3) is 0 Å². The summed E-state index contributed by atoms with van der Waals surface area (Å²) in [4.78, 5) is 18.1. The molecule has 106 valence electrons. The highest BCUT2D eigenvalue weighted by Crippen LogP contribution is 2.18. The van der Waals surface area contributed by atoms with Crippen molar-refractivity contribution >= 4 is 29.0 Å². The minimum atomic E-state index is -0.285. The second kappa shape index (κ2) is 6.25. The molecule has 0 aliphatic carbocycles. The maximum Gasteiger partial charge on any atom is 0.255 e. The van der Waals surface area contributed by atoms with Gasteiger partial charge in [-0.1, -0.05) is 11.6 Å². The van der Waals surface area contributed by atoms with E-state index in [4.69, 9.17) is 16.9 Å². The topological polar surface area (TPSA) is 69.0 Å². The van der Waals surface area contributed by atoms with E-state index in [0.29, 0.717) is 22.6 Å². The molecule has 1 aromatic heterocycles. The highest BCUT2D eigenvalue weighted by Gasteiger charge is 2.10. The van der Waals surface area contributed by atoms with Gasteiger partial charge in [-0.05, 0) is 36.4 Å². The third-order valence-electron chi connectivity index (χ3n) is 2.77. The molecule has 0 unspecified atom stereocenters. The quantitative estimate of drug-likeness (QED) is 0.885. The van der Waals surface area contributed by atoms with Crippen LogP contribution in [-0.4, -0.2) is 25.0 Å². The van der Waals surface area contributed by atoms with Crippen LogP contribution < -0.4 is 10.2 Å². The number of aromatic nitrogens is 1. The predicted octanol–water partition coefficient (Wildman–Crippen LogP) is 2.92. The number of nitrogens with zero attached hydrogens (tertiary/aromatic N) is 3. The molecular weight excluding hydrogens is 288 g/mol. The van der Waals surface area contributed by atoms with Crippen molar-refractivity contribution in [2.24, 2.45) is 0 Å². The minimum absolute atomic E-state index is 0.256. The maximum atomic E-state index is 12.2. The SMILES string of the molecule is CN(C)c1cc(C(=O)Nc2ccc(C#N)cc2)cc(Cl)n1. The van der Waals surface area contributed by atoms with E-state index < -0.39 is 0 Å². The van der Waals surface area contributed by atoms with Crippen molar-refractivity contribution in [3.05, 3.63) is 52.7 Å². The van der Waals surface area contributed by atoms with Crippen molar-refractivity contribution in [2.45, 2.75) is 0 Å². The Morgan fingerprint density at radius 3 is 2.52 bits per heavy atom. The molecule has 1 amide bonds. The summed E-state index contributed by atoms with van der Waals surface area (Å²) in [5.74, 6) is 0.319. The van der Waals surface area contributed by atoms with Crippen LogP contribution >= 0.6 is 11.6 Å². The van der Waals surface area contributed by atoms with Crippen molar-refractivity contribution in [3.63, 3.8) is 0 Å². The van der Waals surface area contributed by atoms with Gasteiger partial charge in [0.2, 0.25) is 0 Å². The third-order valence-corrected chi connectivity index (χ3v) is 2.97. The van der Waals surface area contributed by atoms with E-state index in [1.807, 2.05) is 20.2 Å². The summed E-state index contributed by atoms with van der Waals surface area (Å²) in [6.07, 6.45) is 0. The number of hydrogen-bond donors (Lipinski definition) is 1. The van der Waals surface area contributed by atoms with E-state index in [1.165, 1.54) is 6.07 Å². The van der Waals surface area contributed by atoms with Gasteiger partial charge >= 0.3 is 0 Å². The van der Waals surface area contributed by atoms with Gasteiger partial charge in [0.05, 0.1) is 11.6 Å². The van der Waals surface area contributed by atoms with Crippen LogP contribution in [0.1, 0.15) is 15.9 Å². The van der Waals surface area contributed by atoms with Gasteiger partial charge in [-0.15, -0.1) is 0 Å². The van der Waals surface area contributed by atoms with Crippen molar-refractivity contribution in [3.8, 4) is 6.07 Å². The summed E-state index contributed by atoms with van der Waals surface area (Å²) >= 11 is 5.93. The molecule has 5 nitrogen and oxygen atoms in total. The number of pyridine rings is 1. The first kappa shape index (κ1) is 14.8. The van der Waals surface area contributed by atoms with Crippen molar-refractivity contribution in [1.82, 2.24) is 4.98 Å². The fourth-order valence-electron chi connectivity index (χ4n) is 1.67. The van der Waals surface area contributed by atoms with Crippen molar-refractivity contribution < 1.29 is 4.79 Å². The molecule has 1 aromatic carbocycles. The fraction of sp³-hybridized carbons (Fsp3) is 0.133. The molecule has 0 saturated carbocycles. The summed E-state index contributed by atoms with van der Waals surface area (Å²) < 4.78 is 0. The Morgan fingerprint density at radius 2 is 1.95 bits per heavy atom. The highest BCUT2D eigenvalue weighted by atomic mass is 35.5. The summed E-state index contributed by atoms with van der Waals surface area (Å²) in [5.41, 5.74) is 1.57. The van der Waals surface area contributed by atoms with E-state index >= 15 is 0 Å². The Morgan fingerprint density at radius 1 is 1.29 bits per heavy atom. The smallest absolute Gasteiger partial charge is 0.255 e.